The second-order valence-electron chi connectivity index (χ2n) is 5.77. The van der Waals surface area contributed by atoms with Gasteiger partial charge in [-0.3, -0.25) is 24.0 Å². The van der Waals surface area contributed by atoms with Crippen LogP contribution >= 0.6 is 11.8 Å². The lowest BCUT2D eigenvalue weighted by molar-refractivity contribution is -0.237. The minimum absolute atomic E-state index is 0.359. The first-order valence-electron chi connectivity index (χ1n) is 8.15. The Hall–Kier alpha value is -2.34. The highest BCUT2D eigenvalue weighted by Gasteiger charge is 2.52. The quantitative estimate of drug-likeness (QED) is 0.410. The second kappa shape index (κ2) is 10.9. The van der Waals surface area contributed by atoms with Gasteiger partial charge < -0.3 is 28.8 Å². The van der Waals surface area contributed by atoms with Crippen LogP contribution in [0.25, 0.3) is 0 Å². The van der Waals surface area contributed by atoms with E-state index in [1.54, 1.807) is 0 Å². The summed E-state index contributed by atoms with van der Waals surface area (Å²) in [4.78, 5) is 56.7. The minimum Gasteiger partial charge on any atom is -0.481 e. The molecule has 0 aliphatic carbocycles. The molecule has 0 aromatic rings. The third-order valence-electron chi connectivity index (χ3n) is 3.32. The molecule has 0 aromatic carbocycles. The van der Waals surface area contributed by atoms with Crippen LogP contribution in [0.1, 0.15) is 27.7 Å². The summed E-state index contributed by atoms with van der Waals surface area (Å²) in [5, 5.41) is 8.93. The SMILES string of the molecule is CC(=O)OC[C@H]1O[C@H](SCC(=O)O)[C@@H](OC(C)=O)[C@@H](OC(C)=O)[C@@H]1OC(C)=O. The molecule has 1 aliphatic heterocycles. The highest BCUT2D eigenvalue weighted by Crippen LogP contribution is 2.34. The second-order valence-corrected chi connectivity index (χ2v) is 6.86. The molecule has 1 N–H and O–H groups in total. The summed E-state index contributed by atoms with van der Waals surface area (Å²) in [5.41, 5.74) is -1.09. The molecule has 0 bridgehead atoms. The third kappa shape index (κ3) is 7.72. The molecule has 0 unspecified atom stereocenters. The first-order valence-corrected chi connectivity index (χ1v) is 9.20. The van der Waals surface area contributed by atoms with Crippen molar-refractivity contribution in [2.75, 3.05) is 12.4 Å². The zero-order valence-electron chi connectivity index (χ0n) is 15.7. The van der Waals surface area contributed by atoms with Gasteiger partial charge in [0.2, 0.25) is 0 Å². The van der Waals surface area contributed by atoms with Crippen molar-refractivity contribution in [1.29, 1.82) is 0 Å². The molecular formula is C16H22O11S. The van der Waals surface area contributed by atoms with Gasteiger partial charge in [-0.1, -0.05) is 0 Å². The van der Waals surface area contributed by atoms with Crippen LogP contribution in [0.15, 0.2) is 0 Å². The zero-order chi connectivity index (χ0) is 21.4. The van der Waals surface area contributed by atoms with E-state index in [1.165, 1.54) is 0 Å². The number of carboxylic acids is 1. The molecule has 0 aromatic heterocycles. The first-order chi connectivity index (χ1) is 13.0. The summed E-state index contributed by atoms with van der Waals surface area (Å²) < 4.78 is 26.2. The van der Waals surface area contributed by atoms with Gasteiger partial charge in [0.25, 0.3) is 0 Å². The summed E-state index contributed by atoms with van der Waals surface area (Å²) in [5.74, 6) is -4.44. The normalized spacial score (nSPS) is 26.6. The predicted molar refractivity (Wildman–Crippen MR) is 92.0 cm³/mol. The molecule has 0 radical (unpaired) electrons. The van der Waals surface area contributed by atoms with Crippen molar-refractivity contribution >= 4 is 41.6 Å². The van der Waals surface area contributed by atoms with E-state index >= 15 is 0 Å². The number of hydrogen-bond acceptors (Lipinski definition) is 11. The van der Waals surface area contributed by atoms with Crippen LogP contribution in [0.2, 0.25) is 0 Å². The van der Waals surface area contributed by atoms with Crippen molar-refractivity contribution in [3.63, 3.8) is 0 Å². The minimum atomic E-state index is -1.30. The predicted octanol–water partition coefficient (Wildman–Crippen LogP) is -0.113. The summed E-state index contributed by atoms with van der Waals surface area (Å²) in [6, 6.07) is 0. The largest absolute Gasteiger partial charge is 0.481 e. The van der Waals surface area contributed by atoms with Crippen LogP contribution in [0.4, 0.5) is 0 Å². The van der Waals surface area contributed by atoms with Crippen LogP contribution in [0, 0.1) is 0 Å². The Kier molecular flexibility index (Phi) is 9.19. The van der Waals surface area contributed by atoms with Crippen molar-refractivity contribution in [2.45, 2.75) is 57.5 Å². The average molecular weight is 422 g/mol. The van der Waals surface area contributed by atoms with E-state index in [-0.39, 0.29) is 6.61 Å². The Labute approximate surface area is 165 Å². The Bertz CT molecular complexity index is 576. The standard InChI is InChI=1S/C16H22O11S/c1-7(17)23-5-11-13(24-8(2)18)14(25-9(3)19)15(26-10(4)20)16(27-11)28-6-12(21)22/h11,13-16H,5-6H2,1-4H3,(H,21,22)/t11-,13-,14+,15+,16-/m1/s1. The Morgan fingerprint density at radius 1 is 0.821 bits per heavy atom. The third-order valence-corrected chi connectivity index (χ3v) is 4.44. The van der Waals surface area contributed by atoms with E-state index < -0.39 is 65.5 Å². The molecule has 1 aliphatic rings. The summed E-state index contributed by atoms with van der Waals surface area (Å²) in [7, 11) is 0. The van der Waals surface area contributed by atoms with Crippen molar-refractivity contribution in [1.82, 2.24) is 0 Å². The Morgan fingerprint density at radius 2 is 1.32 bits per heavy atom. The van der Waals surface area contributed by atoms with Crippen LogP contribution in [0.3, 0.4) is 0 Å². The maximum Gasteiger partial charge on any atom is 0.313 e. The molecule has 1 fully saturated rings. The summed E-state index contributed by atoms with van der Waals surface area (Å²) >= 11 is 0.774. The fourth-order valence-electron chi connectivity index (χ4n) is 2.48. The monoisotopic (exact) mass is 422 g/mol. The number of thioether (sulfide) groups is 1. The number of carbonyl (C=O) groups excluding carboxylic acids is 4. The average Bonchev–Trinajstić information content (AvgIpc) is 2.54. The van der Waals surface area contributed by atoms with Gasteiger partial charge in [-0.15, -0.1) is 11.8 Å². The summed E-state index contributed by atoms with van der Waals surface area (Å²) in [6.45, 7) is 4.12. The molecule has 11 nitrogen and oxygen atoms in total. The molecule has 0 saturated carbocycles. The maximum atomic E-state index is 11.6. The summed E-state index contributed by atoms with van der Waals surface area (Å²) in [6.07, 6.45) is -4.91. The molecule has 158 valence electrons. The molecule has 1 saturated heterocycles. The van der Waals surface area contributed by atoms with E-state index in [4.69, 9.17) is 28.8 Å². The van der Waals surface area contributed by atoms with Crippen LogP contribution in [0.5, 0.6) is 0 Å². The van der Waals surface area contributed by atoms with E-state index in [1.807, 2.05) is 0 Å². The molecule has 0 amide bonds. The molecule has 5 atom stereocenters. The highest BCUT2D eigenvalue weighted by molar-refractivity contribution is 8.00. The molecule has 1 rings (SSSR count). The van der Waals surface area contributed by atoms with Crippen molar-refractivity contribution in [2.24, 2.45) is 0 Å². The van der Waals surface area contributed by atoms with Crippen LogP contribution in [-0.4, -0.2) is 77.2 Å². The van der Waals surface area contributed by atoms with E-state index in [2.05, 4.69) is 0 Å². The van der Waals surface area contributed by atoms with E-state index in [9.17, 15) is 24.0 Å². The number of ether oxygens (including phenoxy) is 5. The number of hydrogen-bond donors (Lipinski definition) is 1. The van der Waals surface area contributed by atoms with Crippen LogP contribution in [-0.2, 0) is 47.7 Å². The van der Waals surface area contributed by atoms with Gasteiger partial charge in [-0.05, 0) is 0 Å². The fourth-order valence-corrected chi connectivity index (χ4v) is 3.40. The molecule has 12 heteroatoms. The van der Waals surface area contributed by atoms with Gasteiger partial charge in [0.1, 0.15) is 18.1 Å². The van der Waals surface area contributed by atoms with Gasteiger partial charge in [0.05, 0.1) is 5.75 Å². The molecule has 28 heavy (non-hydrogen) atoms. The number of carbonyl (C=O) groups is 5. The van der Waals surface area contributed by atoms with Crippen molar-refractivity contribution in [3.05, 3.63) is 0 Å². The lowest BCUT2D eigenvalue weighted by Gasteiger charge is -2.44. The zero-order valence-corrected chi connectivity index (χ0v) is 16.6. The van der Waals surface area contributed by atoms with Gasteiger partial charge in [0, 0.05) is 27.7 Å². The first kappa shape index (κ1) is 23.7. The molecular weight excluding hydrogens is 400 g/mol. The van der Waals surface area contributed by atoms with Gasteiger partial charge >= 0.3 is 29.8 Å². The topological polar surface area (TPSA) is 152 Å². The number of carboxylic acid groups (broad SMARTS) is 1. The maximum absolute atomic E-state index is 11.6. The number of aliphatic carboxylic acids is 1. The Balaban J connectivity index is 3.26. The van der Waals surface area contributed by atoms with Gasteiger partial charge in [0.15, 0.2) is 18.3 Å². The lowest BCUT2D eigenvalue weighted by Crippen LogP contribution is -2.61. The van der Waals surface area contributed by atoms with Crippen molar-refractivity contribution < 1.29 is 52.8 Å². The van der Waals surface area contributed by atoms with Gasteiger partial charge in [-0.25, -0.2) is 0 Å². The van der Waals surface area contributed by atoms with Crippen molar-refractivity contribution in [3.8, 4) is 0 Å². The molecule has 0 spiro atoms. The van der Waals surface area contributed by atoms with E-state index in [0.29, 0.717) is 0 Å². The smallest absolute Gasteiger partial charge is 0.313 e. The number of rotatable bonds is 8. The fraction of sp³-hybridized carbons (Fsp3) is 0.688. The molecule has 1 heterocycles. The Morgan fingerprint density at radius 3 is 1.79 bits per heavy atom. The van der Waals surface area contributed by atoms with Crippen LogP contribution < -0.4 is 0 Å². The van der Waals surface area contributed by atoms with Gasteiger partial charge in [-0.2, -0.15) is 0 Å². The highest BCUT2D eigenvalue weighted by atomic mass is 32.2. The van der Waals surface area contributed by atoms with E-state index in [0.717, 1.165) is 39.5 Å². The number of esters is 4. The lowest BCUT2D eigenvalue weighted by atomic mass is 9.99.